The predicted octanol–water partition coefficient (Wildman–Crippen LogP) is 2.01. The highest BCUT2D eigenvalue weighted by molar-refractivity contribution is 9.10. The van der Waals surface area contributed by atoms with Gasteiger partial charge in [0.05, 0.1) is 5.56 Å². The van der Waals surface area contributed by atoms with Crippen LogP contribution in [0.4, 0.5) is 5.82 Å². The number of nitrogens with zero attached hydrogens (tertiary/aromatic N) is 2. The van der Waals surface area contributed by atoms with Gasteiger partial charge < -0.3 is 10.6 Å². The molecule has 2 N–H and O–H groups in total. The van der Waals surface area contributed by atoms with Crippen molar-refractivity contribution >= 4 is 39.4 Å². The van der Waals surface area contributed by atoms with Gasteiger partial charge in [0.1, 0.15) is 5.82 Å². The van der Waals surface area contributed by atoms with Crippen molar-refractivity contribution in [1.82, 2.24) is 9.88 Å². The predicted molar refractivity (Wildman–Crippen MR) is 74.2 cm³/mol. The fourth-order valence-electron chi connectivity index (χ4n) is 1.74. The lowest BCUT2D eigenvalue weighted by Gasteiger charge is -2.20. The standard InChI is InChI=1S/C11H14BrN3OS/c12-9-7-14-10(13)6-8(9)11(16)15-2-1-4-17-5-3-15/h6-7H,1-5H2,(H2,13,14). The summed E-state index contributed by atoms with van der Waals surface area (Å²) >= 11 is 5.24. The third kappa shape index (κ3) is 3.13. The number of rotatable bonds is 1. The van der Waals surface area contributed by atoms with Crippen molar-refractivity contribution in [2.24, 2.45) is 0 Å². The first-order chi connectivity index (χ1) is 8.18. The molecule has 1 aromatic rings. The molecule has 0 aromatic carbocycles. The van der Waals surface area contributed by atoms with Crippen molar-refractivity contribution in [2.75, 3.05) is 30.3 Å². The Morgan fingerprint density at radius 2 is 2.29 bits per heavy atom. The SMILES string of the molecule is Nc1cc(C(=O)N2CCCSCC2)c(Br)cn1. The first-order valence-corrected chi connectivity index (χ1v) is 7.41. The third-order valence-electron chi connectivity index (χ3n) is 2.62. The van der Waals surface area contributed by atoms with E-state index in [2.05, 4.69) is 20.9 Å². The maximum Gasteiger partial charge on any atom is 0.255 e. The van der Waals surface area contributed by atoms with E-state index >= 15 is 0 Å². The van der Waals surface area contributed by atoms with Crippen LogP contribution in [0.5, 0.6) is 0 Å². The second-order valence-electron chi connectivity index (χ2n) is 3.85. The van der Waals surface area contributed by atoms with Gasteiger partial charge in [-0.05, 0) is 34.2 Å². The Balaban J connectivity index is 2.20. The van der Waals surface area contributed by atoms with Gasteiger partial charge in [0, 0.05) is 29.5 Å². The van der Waals surface area contributed by atoms with E-state index in [0.29, 0.717) is 15.9 Å². The summed E-state index contributed by atoms with van der Waals surface area (Å²) < 4.78 is 0.702. The van der Waals surface area contributed by atoms with Gasteiger partial charge >= 0.3 is 0 Å². The van der Waals surface area contributed by atoms with Crippen LogP contribution in [-0.4, -0.2) is 40.4 Å². The van der Waals surface area contributed by atoms with Crippen molar-refractivity contribution in [2.45, 2.75) is 6.42 Å². The van der Waals surface area contributed by atoms with Crippen molar-refractivity contribution < 1.29 is 4.79 Å². The fraction of sp³-hybridized carbons (Fsp3) is 0.455. The minimum atomic E-state index is 0.0356. The van der Waals surface area contributed by atoms with Crippen LogP contribution in [0.1, 0.15) is 16.8 Å². The van der Waals surface area contributed by atoms with Crippen molar-refractivity contribution in [3.63, 3.8) is 0 Å². The number of nitrogens with two attached hydrogens (primary N) is 1. The highest BCUT2D eigenvalue weighted by Crippen LogP contribution is 2.21. The number of pyridine rings is 1. The van der Waals surface area contributed by atoms with Crippen LogP contribution in [0.2, 0.25) is 0 Å². The van der Waals surface area contributed by atoms with E-state index in [1.807, 2.05) is 16.7 Å². The first-order valence-electron chi connectivity index (χ1n) is 5.46. The molecule has 0 bridgehead atoms. The molecule has 1 aliphatic heterocycles. The zero-order valence-corrected chi connectivity index (χ0v) is 11.8. The van der Waals surface area contributed by atoms with Crippen LogP contribution in [-0.2, 0) is 0 Å². The number of hydrogen-bond acceptors (Lipinski definition) is 4. The molecule has 4 nitrogen and oxygen atoms in total. The number of anilines is 1. The molecule has 1 aromatic heterocycles. The Morgan fingerprint density at radius 1 is 1.47 bits per heavy atom. The molecule has 0 saturated carbocycles. The summed E-state index contributed by atoms with van der Waals surface area (Å²) in [4.78, 5) is 18.2. The molecule has 1 fully saturated rings. The number of thioether (sulfide) groups is 1. The number of halogens is 1. The van der Waals surface area contributed by atoms with E-state index in [-0.39, 0.29) is 5.91 Å². The summed E-state index contributed by atoms with van der Waals surface area (Å²) in [6.07, 6.45) is 2.63. The number of carbonyl (C=O) groups is 1. The Kier molecular flexibility index (Phi) is 4.28. The average molecular weight is 316 g/mol. The molecule has 1 aliphatic rings. The number of amides is 1. The normalized spacial score (nSPS) is 16.6. The van der Waals surface area contributed by atoms with E-state index < -0.39 is 0 Å². The second-order valence-corrected chi connectivity index (χ2v) is 5.93. The number of nitrogen functional groups attached to an aromatic ring is 1. The van der Waals surface area contributed by atoms with Gasteiger partial charge in [0.2, 0.25) is 0 Å². The topological polar surface area (TPSA) is 59.2 Å². The number of hydrogen-bond donors (Lipinski definition) is 1. The summed E-state index contributed by atoms with van der Waals surface area (Å²) in [5.74, 6) is 2.54. The van der Waals surface area contributed by atoms with Gasteiger partial charge in [0.25, 0.3) is 5.91 Å². The van der Waals surface area contributed by atoms with E-state index in [9.17, 15) is 4.79 Å². The Bertz CT molecular complexity index is 419. The summed E-state index contributed by atoms with van der Waals surface area (Å²) in [6, 6.07) is 1.63. The Labute approximate surface area is 113 Å². The minimum absolute atomic E-state index is 0.0356. The van der Waals surface area contributed by atoms with Gasteiger partial charge in [-0.1, -0.05) is 0 Å². The van der Waals surface area contributed by atoms with Crippen LogP contribution < -0.4 is 5.73 Å². The molecule has 1 amide bonds. The van der Waals surface area contributed by atoms with Crippen LogP contribution in [0, 0.1) is 0 Å². The van der Waals surface area contributed by atoms with Gasteiger partial charge in [-0.15, -0.1) is 0 Å². The lowest BCUT2D eigenvalue weighted by molar-refractivity contribution is 0.0767. The molecule has 0 unspecified atom stereocenters. The van der Waals surface area contributed by atoms with Crippen molar-refractivity contribution in [3.05, 3.63) is 22.3 Å². The fourth-order valence-corrected chi connectivity index (χ4v) is 3.01. The smallest absolute Gasteiger partial charge is 0.255 e. The lowest BCUT2D eigenvalue weighted by Crippen LogP contribution is -2.33. The maximum absolute atomic E-state index is 12.3. The van der Waals surface area contributed by atoms with E-state index in [1.54, 1.807) is 12.3 Å². The summed E-state index contributed by atoms with van der Waals surface area (Å²) in [5.41, 5.74) is 6.22. The average Bonchev–Trinajstić information content (AvgIpc) is 2.60. The molecule has 0 aliphatic carbocycles. The van der Waals surface area contributed by atoms with Crippen LogP contribution >= 0.6 is 27.7 Å². The van der Waals surface area contributed by atoms with Gasteiger partial charge in [-0.2, -0.15) is 11.8 Å². The minimum Gasteiger partial charge on any atom is -0.384 e. The maximum atomic E-state index is 12.3. The monoisotopic (exact) mass is 315 g/mol. The molecular weight excluding hydrogens is 302 g/mol. The van der Waals surface area contributed by atoms with E-state index in [4.69, 9.17) is 5.73 Å². The third-order valence-corrected chi connectivity index (χ3v) is 4.30. The highest BCUT2D eigenvalue weighted by atomic mass is 79.9. The highest BCUT2D eigenvalue weighted by Gasteiger charge is 2.19. The number of aromatic nitrogens is 1. The van der Waals surface area contributed by atoms with Crippen LogP contribution in [0.3, 0.4) is 0 Å². The molecule has 6 heteroatoms. The second kappa shape index (κ2) is 5.73. The Morgan fingerprint density at radius 3 is 3.12 bits per heavy atom. The quantitative estimate of drug-likeness (QED) is 0.861. The lowest BCUT2D eigenvalue weighted by atomic mass is 10.2. The molecular formula is C11H14BrN3OS. The zero-order chi connectivity index (χ0) is 12.3. The van der Waals surface area contributed by atoms with Crippen LogP contribution in [0.25, 0.3) is 0 Å². The number of carbonyl (C=O) groups excluding carboxylic acids is 1. The molecule has 0 radical (unpaired) electrons. The summed E-state index contributed by atoms with van der Waals surface area (Å²) in [5, 5.41) is 0. The molecule has 17 heavy (non-hydrogen) atoms. The van der Waals surface area contributed by atoms with Gasteiger partial charge in [-0.3, -0.25) is 4.79 Å². The molecule has 1 saturated heterocycles. The first kappa shape index (κ1) is 12.7. The summed E-state index contributed by atoms with van der Waals surface area (Å²) in [7, 11) is 0. The van der Waals surface area contributed by atoms with E-state index in [1.165, 1.54) is 0 Å². The van der Waals surface area contributed by atoms with Crippen molar-refractivity contribution in [1.29, 1.82) is 0 Å². The van der Waals surface area contributed by atoms with Gasteiger partial charge in [0.15, 0.2) is 0 Å². The molecule has 0 atom stereocenters. The summed E-state index contributed by atoms with van der Waals surface area (Å²) in [6.45, 7) is 1.62. The molecule has 0 spiro atoms. The molecule has 92 valence electrons. The van der Waals surface area contributed by atoms with E-state index in [0.717, 1.165) is 31.0 Å². The van der Waals surface area contributed by atoms with Crippen molar-refractivity contribution in [3.8, 4) is 0 Å². The largest absolute Gasteiger partial charge is 0.384 e. The zero-order valence-electron chi connectivity index (χ0n) is 9.36. The van der Waals surface area contributed by atoms with Crippen LogP contribution in [0.15, 0.2) is 16.7 Å². The Hall–Kier alpha value is -0.750. The molecule has 2 heterocycles. The molecule has 2 rings (SSSR count). The van der Waals surface area contributed by atoms with Gasteiger partial charge in [-0.25, -0.2) is 4.98 Å².